The Hall–Kier alpha value is -1.90. The number of hydrogen-bond acceptors (Lipinski definition) is 3. The molecule has 0 aliphatic heterocycles. The summed E-state index contributed by atoms with van der Waals surface area (Å²) in [4.78, 5) is 0. The Morgan fingerprint density at radius 3 is 2.44 bits per heavy atom. The summed E-state index contributed by atoms with van der Waals surface area (Å²) in [5.41, 5.74) is 1.19. The van der Waals surface area contributed by atoms with Gasteiger partial charge in [0.05, 0.1) is 32.2 Å². The summed E-state index contributed by atoms with van der Waals surface area (Å²) in [6, 6.07) is 7.99. The number of allylic oxidation sites excluding steroid dienone is 2. The van der Waals surface area contributed by atoms with E-state index in [0.717, 1.165) is 17.9 Å². The molecule has 2 rings (SSSR count). The second-order valence-electron chi connectivity index (χ2n) is 4.32. The molecular weight excluding hydrogens is 228 g/mol. The molecule has 96 valence electrons. The third kappa shape index (κ3) is 2.86. The van der Waals surface area contributed by atoms with Gasteiger partial charge in [-0.15, -0.1) is 0 Å². The molecule has 0 aromatic heterocycles. The van der Waals surface area contributed by atoms with Crippen LogP contribution in [0.5, 0.6) is 5.75 Å². The van der Waals surface area contributed by atoms with Crippen LogP contribution in [0.4, 0.5) is 0 Å². The predicted molar refractivity (Wildman–Crippen MR) is 70.8 cm³/mol. The van der Waals surface area contributed by atoms with Gasteiger partial charge in [0.15, 0.2) is 0 Å². The van der Waals surface area contributed by atoms with Gasteiger partial charge in [-0.25, -0.2) is 0 Å². The minimum Gasteiger partial charge on any atom is -0.512 e. The highest BCUT2D eigenvalue weighted by atomic mass is 16.5. The zero-order valence-corrected chi connectivity index (χ0v) is 10.7. The topological polar surface area (TPSA) is 38.7 Å². The Labute approximate surface area is 107 Å². The molecule has 1 aromatic carbocycles. The molecule has 3 heteroatoms. The van der Waals surface area contributed by atoms with Crippen LogP contribution in [0.1, 0.15) is 24.3 Å². The molecule has 0 saturated heterocycles. The van der Waals surface area contributed by atoms with E-state index in [0.29, 0.717) is 12.2 Å². The fourth-order valence-corrected chi connectivity index (χ4v) is 2.09. The maximum absolute atomic E-state index is 9.66. The molecule has 0 radical (unpaired) electrons. The number of benzene rings is 1. The van der Waals surface area contributed by atoms with Crippen molar-refractivity contribution >= 4 is 0 Å². The SMILES string of the molecule is COC1=C[C@@H](c2ccc(OC)cc2)CC=C(O)C1. The van der Waals surface area contributed by atoms with Crippen LogP contribution in [0.25, 0.3) is 0 Å². The lowest BCUT2D eigenvalue weighted by Crippen LogP contribution is -1.96. The summed E-state index contributed by atoms with van der Waals surface area (Å²) in [7, 11) is 3.29. The Balaban J connectivity index is 2.25. The van der Waals surface area contributed by atoms with Crippen LogP contribution in [0, 0.1) is 0 Å². The van der Waals surface area contributed by atoms with Crippen molar-refractivity contribution in [3.63, 3.8) is 0 Å². The lowest BCUT2D eigenvalue weighted by Gasteiger charge is -2.12. The van der Waals surface area contributed by atoms with E-state index < -0.39 is 0 Å². The lowest BCUT2D eigenvalue weighted by atomic mass is 9.95. The lowest BCUT2D eigenvalue weighted by molar-refractivity contribution is 0.265. The minimum atomic E-state index is 0.232. The van der Waals surface area contributed by atoms with Crippen LogP contribution in [0.15, 0.2) is 47.9 Å². The first kappa shape index (κ1) is 12.6. The van der Waals surface area contributed by atoms with Gasteiger partial charge < -0.3 is 14.6 Å². The van der Waals surface area contributed by atoms with Crippen LogP contribution >= 0.6 is 0 Å². The van der Waals surface area contributed by atoms with Crippen molar-refractivity contribution in [2.24, 2.45) is 0 Å². The largest absolute Gasteiger partial charge is 0.512 e. The molecule has 0 saturated carbocycles. The van der Waals surface area contributed by atoms with Crippen LogP contribution in [-0.4, -0.2) is 19.3 Å². The van der Waals surface area contributed by atoms with Crippen LogP contribution in [0.3, 0.4) is 0 Å². The van der Waals surface area contributed by atoms with E-state index in [1.807, 2.05) is 30.3 Å². The summed E-state index contributed by atoms with van der Waals surface area (Å²) in [5.74, 6) is 2.26. The van der Waals surface area contributed by atoms with E-state index in [2.05, 4.69) is 6.08 Å². The van der Waals surface area contributed by atoms with Gasteiger partial charge in [0.1, 0.15) is 5.75 Å². The van der Waals surface area contributed by atoms with Gasteiger partial charge in [0.2, 0.25) is 0 Å². The highest BCUT2D eigenvalue weighted by molar-refractivity contribution is 5.33. The summed E-state index contributed by atoms with van der Waals surface area (Å²) in [6.45, 7) is 0. The molecule has 1 aromatic rings. The summed E-state index contributed by atoms with van der Waals surface area (Å²) in [6.07, 6.45) is 5.19. The van der Waals surface area contributed by atoms with E-state index in [-0.39, 0.29) is 5.92 Å². The first-order chi connectivity index (χ1) is 8.72. The van der Waals surface area contributed by atoms with Gasteiger partial charge in [0.25, 0.3) is 0 Å². The fourth-order valence-electron chi connectivity index (χ4n) is 2.09. The third-order valence-corrected chi connectivity index (χ3v) is 3.16. The highest BCUT2D eigenvalue weighted by Gasteiger charge is 2.14. The van der Waals surface area contributed by atoms with Gasteiger partial charge in [-0.05, 0) is 36.3 Å². The Morgan fingerprint density at radius 2 is 1.83 bits per heavy atom. The number of hydrogen-bond donors (Lipinski definition) is 1. The maximum Gasteiger partial charge on any atom is 0.118 e. The Morgan fingerprint density at radius 1 is 1.11 bits per heavy atom. The highest BCUT2D eigenvalue weighted by Crippen LogP contribution is 2.29. The number of aliphatic hydroxyl groups is 1. The third-order valence-electron chi connectivity index (χ3n) is 3.16. The molecule has 1 aliphatic carbocycles. The molecule has 0 fully saturated rings. The summed E-state index contributed by atoms with van der Waals surface area (Å²) in [5, 5.41) is 9.66. The van der Waals surface area contributed by atoms with Crippen molar-refractivity contribution in [2.45, 2.75) is 18.8 Å². The van der Waals surface area contributed by atoms with Gasteiger partial charge in [-0.3, -0.25) is 0 Å². The molecule has 1 N–H and O–H groups in total. The van der Waals surface area contributed by atoms with E-state index in [4.69, 9.17) is 9.47 Å². The van der Waals surface area contributed by atoms with Gasteiger partial charge in [0, 0.05) is 5.92 Å². The van der Waals surface area contributed by atoms with Crippen molar-refractivity contribution in [2.75, 3.05) is 14.2 Å². The first-order valence-electron chi connectivity index (χ1n) is 5.99. The molecule has 0 amide bonds. The van der Waals surface area contributed by atoms with Crippen LogP contribution in [0.2, 0.25) is 0 Å². The zero-order chi connectivity index (χ0) is 13.0. The van der Waals surface area contributed by atoms with Crippen LogP contribution < -0.4 is 4.74 Å². The second-order valence-corrected chi connectivity index (χ2v) is 4.32. The number of rotatable bonds is 3. The molecule has 0 spiro atoms. The normalized spacial score (nSPS) is 19.6. The fraction of sp³-hybridized carbons (Fsp3) is 0.333. The average Bonchev–Trinajstić information content (AvgIpc) is 2.60. The number of methoxy groups -OCH3 is 2. The first-order valence-corrected chi connectivity index (χ1v) is 5.99. The monoisotopic (exact) mass is 246 g/mol. The zero-order valence-electron chi connectivity index (χ0n) is 10.7. The molecule has 0 unspecified atom stereocenters. The van der Waals surface area contributed by atoms with E-state index in [1.165, 1.54) is 5.56 Å². The molecule has 0 bridgehead atoms. The van der Waals surface area contributed by atoms with Gasteiger partial charge >= 0.3 is 0 Å². The number of ether oxygens (including phenoxy) is 2. The smallest absolute Gasteiger partial charge is 0.118 e. The molecular formula is C15H18O3. The molecule has 3 nitrogen and oxygen atoms in total. The van der Waals surface area contributed by atoms with Crippen molar-refractivity contribution in [1.82, 2.24) is 0 Å². The second kappa shape index (κ2) is 5.63. The molecule has 0 heterocycles. The van der Waals surface area contributed by atoms with Crippen LogP contribution in [-0.2, 0) is 4.74 Å². The molecule has 1 aliphatic rings. The predicted octanol–water partition coefficient (Wildman–Crippen LogP) is 3.54. The van der Waals surface area contributed by atoms with Crippen molar-refractivity contribution in [3.05, 3.63) is 53.5 Å². The number of aliphatic hydroxyl groups excluding tert-OH is 1. The standard InChI is InChI=1S/C15H18O3/c1-17-14-7-4-11(5-8-14)12-3-6-13(16)10-15(9-12)18-2/h4-9,12,16H,3,10H2,1-2H3/t12-/m0/s1. The van der Waals surface area contributed by atoms with Crippen molar-refractivity contribution < 1.29 is 14.6 Å². The minimum absolute atomic E-state index is 0.232. The molecule has 18 heavy (non-hydrogen) atoms. The van der Waals surface area contributed by atoms with E-state index >= 15 is 0 Å². The Bertz CT molecular complexity index is 457. The van der Waals surface area contributed by atoms with Gasteiger partial charge in [-0.2, -0.15) is 0 Å². The quantitative estimate of drug-likeness (QED) is 0.886. The average molecular weight is 246 g/mol. The summed E-state index contributed by atoms with van der Waals surface area (Å²) < 4.78 is 10.4. The van der Waals surface area contributed by atoms with Crippen molar-refractivity contribution in [3.8, 4) is 5.75 Å². The molecule has 1 atom stereocenters. The van der Waals surface area contributed by atoms with Gasteiger partial charge in [-0.1, -0.05) is 12.1 Å². The van der Waals surface area contributed by atoms with E-state index in [1.54, 1.807) is 14.2 Å². The Kier molecular flexibility index (Phi) is 3.92. The van der Waals surface area contributed by atoms with E-state index in [9.17, 15) is 5.11 Å². The maximum atomic E-state index is 9.66. The summed E-state index contributed by atoms with van der Waals surface area (Å²) >= 11 is 0. The van der Waals surface area contributed by atoms with Crippen molar-refractivity contribution in [1.29, 1.82) is 0 Å².